The molecular weight excluding hydrogens is 346 g/mol. The molecule has 3 N–H and O–H groups in total. The lowest BCUT2D eigenvalue weighted by molar-refractivity contribution is -0.115. The molecule has 136 valence electrons. The highest BCUT2D eigenvalue weighted by Gasteiger charge is 2.17. The van der Waals surface area contributed by atoms with Crippen LogP contribution in [-0.4, -0.2) is 21.1 Å². The number of aromatic amines is 2. The summed E-state index contributed by atoms with van der Waals surface area (Å²) in [5.74, 6) is -0.0767. The van der Waals surface area contributed by atoms with Crippen LogP contribution >= 0.6 is 11.8 Å². The predicted octanol–water partition coefficient (Wildman–Crippen LogP) is 4.27. The molecule has 1 aromatic heterocycles. The molecule has 1 atom stereocenters. The van der Waals surface area contributed by atoms with Crippen molar-refractivity contribution >= 4 is 34.4 Å². The number of hydrogen-bond donors (Lipinski definition) is 3. The number of carbonyl (C=O) groups excluding carboxylic acids is 1. The molecule has 0 aliphatic rings. The fourth-order valence-corrected chi connectivity index (χ4v) is 3.51. The smallest absolute Gasteiger partial charge is 0.323 e. The van der Waals surface area contributed by atoms with Crippen LogP contribution in [0.15, 0.2) is 52.2 Å². The van der Waals surface area contributed by atoms with E-state index in [4.69, 9.17) is 0 Å². The van der Waals surface area contributed by atoms with Gasteiger partial charge >= 0.3 is 5.69 Å². The van der Waals surface area contributed by atoms with Gasteiger partial charge in [-0.05, 0) is 48.2 Å². The molecule has 1 amide bonds. The van der Waals surface area contributed by atoms with Crippen LogP contribution in [0.5, 0.6) is 0 Å². The van der Waals surface area contributed by atoms with E-state index in [1.807, 2.05) is 6.92 Å². The second-order valence-corrected chi connectivity index (χ2v) is 8.78. The minimum atomic E-state index is -0.258. The quantitative estimate of drug-likeness (QED) is 0.601. The third kappa shape index (κ3) is 4.19. The number of hydrogen-bond acceptors (Lipinski definition) is 3. The molecule has 26 heavy (non-hydrogen) atoms. The van der Waals surface area contributed by atoms with Gasteiger partial charge in [-0.15, -0.1) is 11.8 Å². The highest BCUT2D eigenvalue weighted by Crippen LogP contribution is 2.28. The normalized spacial score (nSPS) is 12.9. The van der Waals surface area contributed by atoms with Gasteiger partial charge in [-0.25, -0.2) is 4.79 Å². The van der Waals surface area contributed by atoms with Gasteiger partial charge in [0.25, 0.3) is 0 Å². The number of thioether (sulfide) groups is 1. The molecule has 2 aromatic carbocycles. The number of amides is 1. The fourth-order valence-electron chi connectivity index (χ4n) is 2.65. The first-order valence-corrected chi connectivity index (χ1v) is 9.40. The number of fused-ring (bicyclic) bond motifs is 1. The van der Waals surface area contributed by atoms with Crippen LogP contribution in [0.4, 0.5) is 5.69 Å². The van der Waals surface area contributed by atoms with Gasteiger partial charge in [0.2, 0.25) is 5.91 Å². The van der Waals surface area contributed by atoms with Crippen LogP contribution in [-0.2, 0) is 10.2 Å². The Hall–Kier alpha value is -2.47. The van der Waals surface area contributed by atoms with Gasteiger partial charge in [0.05, 0.1) is 16.3 Å². The van der Waals surface area contributed by atoms with Crippen molar-refractivity contribution in [1.29, 1.82) is 0 Å². The Kier molecular flexibility index (Phi) is 4.96. The van der Waals surface area contributed by atoms with Gasteiger partial charge in [0.15, 0.2) is 0 Å². The van der Waals surface area contributed by atoms with E-state index in [-0.39, 0.29) is 22.3 Å². The molecule has 0 unspecified atom stereocenters. The SMILES string of the molecule is C[C@H](Sc1ccc(C(C)(C)C)cc1)C(=O)Nc1ccc2[nH]c(=O)[nH]c2c1. The summed E-state index contributed by atoms with van der Waals surface area (Å²) in [7, 11) is 0. The monoisotopic (exact) mass is 369 g/mol. The van der Waals surface area contributed by atoms with Gasteiger partial charge in [0.1, 0.15) is 0 Å². The van der Waals surface area contributed by atoms with E-state index < -0.39 is 0 Å². The Balaban J connectivity index is 1.66. The minimum absolute atomic E-state index is 0.0767. The zero-order chi connectivity index (χ0) is 18.9. The lowest BCUT2D eigenvalue weighted by Crippen LogP contribution is -2.22. The van der Waals surface area contributed by atoms with Crippen molar-refractivity contribution in [3.8, 4) is 0 Å². The van der Waals surface area contributed by atoms with Crippen LogP contribution in [0, 0.1) is 0 Å². The molecule has 0 aliphatic carbocycles. The summed E-state index contributed by atoms with van der Waals surface area (Å²) in [6.45, 7) is 8.42. The van der Waals surface area contributed by atoms with E-state index in [2.05, 4.69) is 60.3 Å². The van der Waals surface area contributed by atoms with Crippen LogP contribution in [0.3, 0.4) is 0 Å². The molecule has 3 rings (SSSR count). The van der Waals surface area contributed by atoms with Crippen molar-refractivity contribution in [2.24, 2.45) is 0 Å². The number of rotatable bonds is 4. The average Bonchev–Trinajstić information content (AvgIpc) is 2.93. The summed E-state index contributed by atoms with van der Waals surface area (Å²) < 4.78 is 0. The summed E-state index contributed by atoms with van der Waals surface area (Å²) >= 11 is 1.52. The predicted molar refractivity (Wildman–Crippen MR) is 108 cm³/mol. The lowest BCUT2D eigenvalue weighted by atomic mass is 9.87. The Morgan fingerprint density at radius 3 is 2.35 bits per heavy atom. The molecule has 3 aromatic rings. The van der Waals surface area contributed by atoms with Gasteiger partial charge in [0, 0.05) is 10.6 Å². The van der Waals surface area contributed by atoms with E-state index in [9.17, 15) is 9.59 Å². The molecule has 0 aliphatic heterocycles. The van der Waals surface area contributed by atoms with Crippen molar-refractivity contribution in [1.82, 2.24) is 9.97 Å². The van der Waals surface area contributed by atoms with Crippen LogP contribution in [0.25, 0.3) is 11.0 Å². The summed E-state index contributed by atoms with van der Waals surface area (Å²) in [5, 5.41) is 2.66. The van der Waals surface area contributed by atoms with Crippen molar-refractivity contribution < 1.29 is 4.79 Å². The Morgan fingerprint density at radius 2 is 1.69 bits per heavy atom. The summed E-state index contributed by atoms with van der Waals surface area (Å²) in [5.41, 5.74) is 3.18. The molecule has 0 spiro atoms. The number of carbonyl (C=O) groups is 1. The van der Waals surface area contributed by atoms with Gasteiger partial charge in [-0.3, -0.25) is 4.79 Å². The van der Waals surface area contributed by atoms with Crippen molar-refractivity contribution in [3.05, 3.63) is 58.5 Å². The molecular formula is C20H23N3O2S. The standard InChI is InChI=1S/C20H23N3O2S/c1-12(26-15-8-5-13(6-9-15)20(2,3)4)18(24)21-14-7-10-16-17(11-14)23-19(25)22-16/h5-12H,1-4H3,(H,21,24)(H2,22,23,25)/t12-/m0/s1. The fraction of sp³-hybridized carbons (Fsp3) is 0.300. The molecule has 0 saturated heterocycles. The van der Waals surface area contributed by atoms with Crippen LogP contribution < -0.4 is 11.0 Å². The second kappa shape index (κ2) is 7.03. The second-order valence-electron chi connectivity index (χ2n) is 7.36. The topological polar surface area (TPSA) is 77.8 Å². The first kappa shape index (κ1) is 18.3. The molecule has 6 heteroatoms. The largest absolute Gasteiger partial charge is 0.325 e. The summed E-state index contributed by atoms with van der Waals surface area (Å²) in [4.78, 5) is 30.2. The summed E-state index contributed by atoms with van der Waals surface area (Å²) in [6, 6.07) is 13.6. The summed E-state index contributed by atoms with van der Waals surface area (Å²) in [6.07, 6.45) is 0. The van der Waals surface area contributed by atoms with Crippen molar-refractivity contribution in [3.63, 3.8) is 0 Å². The minimum Gasteiger partial charge on any atom is -0.325 e. The number of anilines is 1. The van der Waals surface area contributed by atoms with Gasteiger partial charge < -0.3 is 15.3 Å². The van der Waals surface area contributed by atoms with E-state index in [1.54, 1.807) is 18.2 Å². The third-order valence-electron chi connectivity index (χ3n) is 4.19. The van der Waals surface area contributed by atoms with Gasteiger partial charge in [-0.1, -0.05) is 32.9 Å². The third-order valence-corrected chi connectivity index (χ3v) is 5.30. The highest BCUT2D eigenvalue weighted by molar-refractivity contribution is 8.00. The molecule has 0 fully saturated rings. The average molecular weight is 369 g/mol. The number of imidazole rings is 1. The lowest BCUT2D eigenvalue weighted by Gasteiger charge is -2.19. The number of aromatic nitrogens is 2. The molecule has 0 bridgehead atoms. The van der Waals surface area contributed by atoms with Crippen molar-refractivity contribution in [2.45, 2.75) is 43.3 Å². The number of H-pyrrole nitrogens is 2. The van der Waals surface area contributed by atoms with Crippen LogP contribution in [0.1, 0.15) is 33.3 Å². The Bertz CT molecular complexity index is 981. The first-order valence-electron chi connectivity index (χ1n) is 8.52. The van der Waals surface area contributed by atoms with E-state index in [0.29, 0.717) is 11.2 Å². The van der Waals surface area contributed by atoms with E-state index in [0.717, 1.165) is 10.4 Å². The molecule has 0 radical (unpaired) electrons. The maximum Gasteiger partial charge on any atom is 0.323 e. The Morgan fingerprint density at radius 1 is 1.04 bits per heavy atom. The van der Waals surface area contributed by atoms with E-state index in [1.165, 1.54) is 17.3 Å². The molecule has 0 saturated carbocycles. The first-order chi connectivity index (χ1) is 12.2. The van der Waals surface area contributed by atoms with Crippen molar-refractivity contribution in [2.75, 3.05) is 5.32 Å². The maximum absolute atomic E-state index is 12.5. The molecule has 5 nitrogen and oxygen atoms in total. The highest BCUT2D eigenvalue weighted by atomic mass is 32.2. The number of benzene rings is 2. The zero-order valence-corrected chi connectivity index (χ0v) is 16.2. The van der Waals surface area contributed by atoms with Gasteiger partial charge in [-0.2, -0.15) is 0 Å². The number of nitrogens with one attached hydrogen (secondary N) is 3. The van der Waals surface area contributed by atoms with E-state index >= 15 is 0 Å². The Labute approximate surface area is 156 Å². The van der Waals surface area contributed by atoms with Crippen LogP contribution in [0.2, 0.25) is 0 Å². The maximum atomic E-state index is 12.5. The molecule has 1 heterocycles. The zero-order valence-electron chi connectivity index (χ0n) is 15.3.